The third kappa shape index (κ3) is 5.13. The molecule has 0 atom stereocenters. The number of rotatable bonds is 6. The van der Waals surface area contributed by atoms with Crippen molar-refractivity contribution < 1.29 is 14.5 Å². The fourth-order valence-corrected chi connectivity index (χ4v) is 2.01. The van der Waals surface area contributed by atoms with Gasteiger partial charge in [-0.2, -0.15) is 0 Å². The summed E-state index contributed by atoms with van der Waals surface area (Å²) in [5, 5.41) is 16.1. The Hall–Kier alpha value is -3.22. The first-order valence-corrected chi connectivity index (χ1v) is 7.79. The number of nitro benzene ring substituents is 1. The van der Waals surface area contributed by atoms with E-state index < -0.39 is 4.92 Å². The van der Waals surface area contributed by atoms with Crippen LogP contribution in [0.2, 0.25) is 0 Å². The Labute approximate surface area is 145 Å². The van der Waals surface area contributed by atoms with Gasteiger partial charge in [-0.25, -0.2) is 0 Å². The van der Waals surface area contributed by atoms with E-state index in [-0.39, 0.29) is 23.4 Å². The number of non-ortho nitro benzene ring substituents is 1. The minimum Gasteiger partial charge on any atom is -0.348 e. The Balaban J connectivity index is 1.91. The van der Waals surface area contributed by atoms with Crippen molar-refractivity contribution in [1.82, 2.24) is 5.32 Å². The van der Waals surface area contributed by atoms with Crippen molar-refractivity contribution >= 4 is 23.2 Å². The number of nitrogens with one attached hydrogen (secondary N) is 2. The predicted octanol–water partition coefficient (Wildman–Crippen LogP) is 3.12. The summed E-state index contributed by atoms with van der Waals surface area (Å²) in [4.78, 5) is 33.8. The lowest BCUT2D eigenvalue weighted by Crippen LogP contribution is -2.22. The molecule has 0 bridgehead atoms. The lowest BCUT2D eigenvalue weighted by molar-refractivity contribution is -0.384. The first-order valence-electron chi connectivity index (χ1n) is 7.79. The first kappa shape index (κ1) is 18.1. The fraction of sp³-hybridized carbons (Fsp3) is 0.222. The van der Waals surface area contributed by atoms with Crippen LogP contribution in [-0.4, -0.2) is 16.7 Å². The predicted molar refractivity (Wildman–Crippen MR) is 94.2 cm³/mol. The molecule has 0 aliphatic heterocycles. The minimum atomic E-state index is -0.513. The van der Waals surface area contributed by atoms with Crippen molar-refractivity contribution in [3.8, 4) is 0 Å². The number of amides is 2. The molecule has 2 aromatic carbocycles. The summed E-state index contributed by atoms with van der Waals surface area (Å²) in [6.45, 7) is 3.95. The summed E-state index contributed by atoms with van der Waals surface area (Å²) < 4.78 is 0. The van der Waals surface area contributed by atoms with E-state index in [1.54, 1.807) is 12.1 Å². The molecular formula is C18H19N3O4. The smallest absolute Gasteiger partial charge is 0.269 e. The van der Waals surface area contributed by atoms with E-state index in [0.29, 0.717) is 17.8 Å². The van der Waals surface area contributed by atoms with Crippen LogP contribution in [-0.2, 0) is 11.3 Å². The molecule has 25 heavy (non-hydrogen) atoms. The summed E-state index contributed by atoms with van der Waals surface area (Å²) in [6, 6.07) is 12.6. The van der Waals surface area contributed by atoms with Crippen LogP contribution in [0.25, 0.3) is 0 Å². The molecule has 7 heteroatoms. The molecule has 2 N–H and O–H groups in total. The standard InChI is InChI=1S/C18H19N3O4/c1-12(2)17(22)20-15-7-3-13(4-8-15)11-19-18(23)14-5-9-16(10-6-14)21(24)25/h3-10,12H,11H2,1-2H3,(H,19,23)(H,20,22). The molecule has 2 rings (SSSR count). The molecule has 0 aliphatic carbocycles. The summed E-state index contributed by atoms with van der Waals surface area (Å²) in [7, 11) is 0. The van der Waals surface area contributed by atoms with E-state index in [4.69, 9.17) is 0 Å². The van der Waals surface area contributed by atoms with E-state index in [1.807, 2.05) is 26.0 Å². The van der Waals surface area contributed by atoms with Gasteiger partial charge in [-0.15, -0.1) is 0 Å². The Morgan fingerprint density at radius 1 is 1.04 bits per heavy atom. The van der Waals surface area contributed by atoms with Gasteiger partial charge in [0.25, 0.3) is 11.6 Å². The Morgan fingerprint density at radius 2 is 1.64 bits per heavy atom. The van der Waals surface area contributed by atoms with Gasteiger partial charge in [0.1, 0.15) is 0 Å². The number of hydrogen-bond acceptors (Lipinski definition) is 4. The van der Waals surface area contributed by atoms with Gasteiger partial charge in [0.15, 0.2) is 0 Å². The Kier molecular flexibility index (Phi) is 5.84. The number of nitrogens with zero attached hydrogens (tertiary/aromatic N) is 1. The maximum absolute atomic E-state index is 12.0. The van der Waals surface area contributed by atoms with E-state index in [0.717, 1.165) is 5.56 Å². The van der Waals surface area contributed by atoms with Crippen molar-refractivity contribution in [3.63, 3.8) is 0 Å². The van der Waals surface area contributed by atoms with Crippen molar-refractivity contribution in [2.45, 2.75) is 20.4 Å². The molecule has 0 fully saturated rings. The SMILES string of the molecule is CC(C)C(=O)Nc1ccc(CNC(=O)c2ccc([N+](=O)[O-])cc2)cc1. The number of carbonyl (C=O) groups excluding carboxylic acids is 2. The summed E-state index contributed by atoms with van der Waals surface area (Å²) >= 11 is 0. The lowest BCUT2D eigenvalue weighted by Gasteiger charge is -2.09. The second kappa shape index (κ2) is 8.05. The van der Waals surface area contributed by atoms with Gasteiger partial charge in [0.05, 0.1) is 4.92 Å². The van der Waals surface area contributed by atoms with Crippen LogP contribution >= 0.6 is 0 Å². The largest absolute Gasteiger partial charge is 0.348 e. The summed E-state index contributed by atoms with van der Waals surface area (Å²) in [6.07, 6.45) is 0. The third-order valence-electron chi connectivity index (χ3n) is 3.54. The molecule has 130 valence electrons. The maximum atomic E-state index is 12.0. The normalized spacial score (nSPS) is 10.4. The zero-order chi connectivity index (χ0) is 18.4. The fourth-order valence-electron chi connectivity index (χ4n) is 2.01. The average molecular weight is 341 g/mol. The van der Waals surface area contributed by atoms with Gasteiger partial charge >= 0.3 is 0 Å². The number of nitro groups is 1. The summed E-state index contributed by atoms with van der Waals surface area (Å²) in [5.41, 5.74) is 1.86. The second-order valence-electron chi connectivity index (χ2n) is 5.83. The topological polar surface area (TPSA) is 101 Å². The van der Waals surface area contributed by atoms with Crippen LogP contribution in [0.3, 0.4) is 0 Å². The van der Waals surface area contributed by atoms with Crippen LogP contribution in [0, 0.1) is 16.0 Å². The Bertz CT molecular complexity index is 768. The number of anilines is 1. The highest BCUT2D eigenvalue weighted by Gasteiger charge is 2.10. The lowest BCUT2D eigenvalue weighted by atomic mass is 10.1. The molecule has 2 aromatic rings. The average Bonchev–Trinajstić information content (AvgIpc) is 2.60. The van der Waals surface area contributed by atoms with E-state index in [9.17, 15) is 19.7 Å². The molecule has 0 unspecified atom stereocenters. The zero-order valence-corrected chi connectivity index (χ0v) is 14.0. The third-order valence-corrected chi connectivity index (χ3v) is 3.54. The van der Waals surface area contributed by atoms with Crippen molar-refractivity contribution in [2.75, 3.05) is 5.32 Å². The molecule has 0 aromatic heterocycles. The number of benzene rings is 2. The van der Waals surface area contributed by atoms with Gasteiger partial charge < -0.3 is 10.6 Å². The highest BCUT2D eigenvalue weighted by molar-refractivity contribution is 5.94. The van der Waals surface area contributed by atoms with E-state index in [2.05, 4.69) is 10.6 Å². The highest BCUT2D eigenvalue weighted by atomic mass is 16.6. The van der Waals surface area contributed by atoms with Crippen LogP contribution in [0.1, 0.15) is 29.8 Å². The van der Waals surface area contributed by atoms with Gasteiger partial charge in [-0.3, -0.25) is 19.7 Å². The van der Waals surface area contributed by atoms with Crippen LogP contribution in [0.4, 0.5) is 11.4 Å². The molecule has 0 spiro atoms. The second-order valence-corrected chi connectivity index (χ2v) is 5.83. The molecule has 0 radical (unpaired) electrons. The van der Waals surface area contributed by atoms with Gasteiger partial charge in [0, 0.05) is 35.8 Å². The molecule has 0 saturated heterocycles. The molecule has 0 saturated carbocycles. The zero-order valence-electron chi connectivity index (χ0n) is 14.0. The van der Waals surface area contributed by atoms with Crippen LogP contribution < -0.4 is 10.6 Å². The first-order chi connectivity index (χ1) is 11.9. The minimum absolute atomic E-state index is 0.0563. The number of hydrogen-bond donors (Lipinski definition) is 2. The molecule has 2 amide bonds. The van der Waals surface area contributed by atoms with Gasteiger partial charge in [-0.1, -0.05) is 26.0 Å². The van der Waals surface area contributed by atoms with Crippen molar-refractivity contribution in [3.05, 3.63) is 69.8 Å². The van der Waals surface area contributed by atoms with Crippen LogP contribution in [0.15, 0.2) is 48.5 Å². The molecular weight excluding hydrogens is 322 g/mol. The maximum Gasteiger partial charge on any atom is 0.269 e. The highest BCUT2D eigenvalue weighted by Crippen LogP contribution is 2.13. The number of carbonyl (C=O) groups is 2. The van der Waals surface area contributed by atoms with Crippen molar-refractivity contribution in [1.29, 1.82) is 0 Å². The monoisotopic (exact) mass is 341 g/mol. The molecule has 0 heterocycles. The van der Waals surface area contributed by atoms with Gasteiger partial charge in [-0.05, 0) is 29.8 Å². The van der Waals surface area contributed by atoms with E-state index >= 15 is 0 Å². The van der Waals surface area contributed by atoms with Gasteiger partial charge in [0.2, 0.25) is 5.91 Å². The molecule has 0 aliphatic rings. The molecule has 7 nitrogen and oxygen atoms in total. The van der Waals surface area contributed by atoms with E-state index in [1.165, 1.54) is 24.3 Å². The Morgan fingerprint density at radius 3 is 2.16 bits per heavy atom. The van der Waals surface area contributed by atoms with Crippen molar-refractivity contribution in [2.24, 2.45) is 5.92 Å². The van der Waals surface area contributed by atoms with Crippen LogP contribution in [0.5, 0.6) is 0 Å². The quantitative estimate of drug-likeness (QED) is 0.622. The summed E-state index contributed by atoms with van der Waals surface area (Å²) in [5.74, 6) is -0.466.